The van der Waals surface area contributed by atoms with E-state index in [-0.39, 0.29) is 18.5 Å². The predicted octanol–water partition coefficient (Wildman–Crippen LogP) is 5.70. The van der Waals surface area contributed by atoms with Crippen molar-refractivity contribution in [2.75, 3.05) is 6.61 Å². The van der Waals surface area contributed by atoms with E-state index in [1.165, 1.54) is 11.1 Å². The van der Waals surface area contributed by atoms with Crippen LogP contribution < -0.4 is 0 Å². The molecule has 0 aliphatic rings. The number of nitrogens with zero attached hydrogens (tertiary/aromatic N) is 1. The molecule has 0 spiro atoms. The second-order valence-corrected chi connectivity index (χ2v) is 7.82. The first-order valence-corrected chi connectivity index (χ1v) is 10.8. The molecule has 0 amide bonds. The quantitative estimate of drug-likeness (QED) is 0.384. The van der Waals surface area contributed by atoms with Crippen LogP contribution in [0.3, 0.4) is 0 Å². The van der Waals surface area contributed by atoms with Gasteiger partial charge in [-0.3, -0.25) is 9.69 Å². The highest BCUT2D eigenvalue weighted by molar-refractivity contribution is 5.67. The van der Waals surface area contributed by atoms with Crippen LogP contribution in [0.15, 0.2) is 91.0 Å². The van der Waals surface area contributed by atoms with Crippen molar-refractivity contribution < 1.29 is 14.6 Å². The van der Waals surface area contributed by atoms with Crippen molar-refractivity contribution in [2.45, 2.75) is 45.0 Å². The van der Waals surface area contributed by atoms with Gasteiger partial charge in [-0.15, -0.1) is 0 Å². The smallest absolute Gasteiger partial charge is 0.304 e. The van der Waals surface area contributed by atoms with E-state index in [1.807, 2.05) is 66.7 Å². The summed E-state index contributed by atoms with van der Waals surface area (Å²) >= 11 is 0. The molecule has 2 atom stereocenters. The van der Waals surface area contributed by atoms with E-state index in [0.29, 0.717) is 26.2 Å². The molecular formula is C27H31NO3. The van der Waals surface area contributed by atoms with Crippen LogP contribution in [0.2, 0.25) is 0 Å². The first-order chi connectivity index (χ1) is 15.1. The Morgan fingerprint density at radius 1 is 0.871 bits per heavy atom. The molecule has 3 aromatic carbocycles. The summed E-state index contributed by atoms with van der Waals surface area (Å²) in [6, 6.07) is 30.5. The number of hydrogen-bond acceptors (Lipinski definition) is 3. The zero-order chi connectivity index (χ0) is 21.9. The van der Waals surface area contributed by atoms with Crippen LogP contribution in [0.1, 0.15) is 42.5 Å². The standard InChI is InChI=1S/C27H31NO3/c1-22(25-15-9-4-10-16-25)28(20-23-11-5-2-6-12-23)26(19-27(29)30)17-18-31-21-24-13-7-3-8-14-24/h2-16,22,26H,17-21H2,1H3,(H,29,30)/t22-,26?/m0/s1. The molecule has 1 unspecified atom stereocenters. The molecule has 3 aromatic rings. The first-order valence-electron chi connectivity index (χ1n) is 10.8. The molecule has 0 radical (unpaired) electrons. The van der Waals surface area contributed by atoms with Gasteiger partial charge in [-0.1, -0.05) is 91.0 Å². The summed E-state index contributed by atoms with van der Waals surface area (Å²) in [6.07, 6.45) is 0.738. The van der Waals surface area contributed by atoms with Crippen LogP contribution >= 0.6 is 0 Å². The van der Waals surface area contributed by atoms with Gasteiger partial charge in [0.15, 0.2) is 0 Å². The highest BCUT2D eigenvalue weighted by Crippen LogP contribution is 2.27. The number of aliphatic carboxylic acids is 1. The van der Waals surface area contributed by atoms with Gasteiger partial charge in [0, 0.05) is 25.2 Å². The van der Waals surface area contributed by atoms with Gasteiger partial charge < -0.3 is 9.84 Å². The zero-order valence-corrected chi connectivity index (χ0v) is 18.1. The summed E-state index contributed by atoms with van der Waals surface area (Å²) in [5, 5.41) is 9.62. The molecule has 0 aromatic heterocycles. The summed E-state index contributed by atoms with van der Waals surface area (Å²) in [5.74, 6) is -0.786. The Morgan fingerprint density at radius 2 is 1.42 bits per heavy atom. The van der Waals surface area contributed by atoms with Crippen LogP contribution in [-0.2, 0) is 22.7 Å². The number of rotatable bonds is 12. The van der Waals surface area contributed by atoms with Crippen molar-refractivity contribution in [1.29, 1.82) is 0 Å². The molecule has 0 aliphatic carbocycles. The summed E-state index contributed by atoms with van der Waals surface area (Å²) in [7, 11) is 0. The molecule has 0 heterocycles. The highest BCUT2D eigenvalue weighted by atomic mass is 16.5. The number of carboxylic acids is 1. The minimum absolute atomic E-state index is 0.0820. The lowest BCUT2D eigenvalue weighted by atomic mass is 10.00. The molecule has 0 bridgehead atoms. The van der Waals surface area contributed by atoms with Gasteiger partial charge in [-0.05, 0) is 30.0 Å². The molecular weight excluding hydrogens is 386 g/mol. The molecule has 31 heavy (non-hydrogen) atoms. The molecule has 0 aliphatic heterocycles. The molecule has 1 N–H and O–H groups in total. The molecule has 3 rings (SSSR count). The average Bonchev–Trinajstić information content (AvgIpc) is 2.81. The van der Waals surface area contributed by atoms with Gasteiger partial charge in [0.1, 0.15) is 0 Å². The number of carboxylic acid groups (broad SMARTS) is 1. The van der Waals surface area contributed by atoms with Gasteiger partial charge in [0.05, 0.1) is 13.0 Å². The number of hydrogen-bond donors (Lipinski definition) is 1. The van der Waals surface area contributed by atoms with Crippen LogP contribution in [0, 0.1) is 0 Å². The van der Waals surface area contributed by atoms with E-state index < -0.39 is 5.97 Å². The lowest BCUT2D eigenvalue weighted by molar-refractivity contribution is -0.139. The second kappa shape index (κ2) is 12.0. The Labute approximate surface area is 185 Å². The summed E-state index contributed by atoms with van der Waals surface area (Å²) in [5.41, 5.74) is 3.47. The Kier molecular flexibility index (Phi) is 8.83. The minimum Gasteiger partial charge on any atom is -0.481 e. The summed E-state index contributed by atoms with van der Waals surface area (Å²) < 4.78 is 5.90. The van der Waals surface area contributed by atoms with Crippen molar-refractivity contribution in [1.82, 2.24) is 4.90 Å². The van der Waals surface area contributed by atoms with E-state index in [2.05, 4.69) is 36.1 Å². The third-order valence-electron chi connectivity index (χ3n) is 5.57. The topological polar surface area (TPSA) is 49.8 Å². The third kappa shape index (κ3) is 7.35. The number of benzene rings is 3. The van der Waals surface area contributed by atoms with Crippen molar-refractivity contribution in [3.63, 3.8) is 0 Å². The van der Waals surface area contributed by atoms with Gasteiger partial charge in [-0.2, -0.15) is 0 Å². The van der Waals surface area contributed by atoms with Crippen LogP contribution in [0.25, 0.3) is 0 Å². The van der Waals surface area contributed by atoms with E-state index in [4.69, 9.17) is 4.74 Å². The lowest BCUT2D eigenvalue weighted by Gasteiger charge is -2.36. The van der Waals surface area contributed by atoms with E-state index in [0.717, 1.165) is 5.56 Å². The average molecular weight is 418 g/mol. The van der Waals surface area contributed by atoms with Gasteiger partial charge in [0.2, 0.25) is 0 Å². The van der Waals surface area contributed by atoms with Crippen LogP contribution in [0.4, 0.5) is 0 Å². The second-order valence-electron chi connectivity index (χ2n) is 7.82. The molecule has 162 valence electrons. The van der Waals surface area contributed by atoms with Crippen molar-refractivity contribution in [3.05, 3.63) is 108 Å². The molecule has 4 nitrogen and oxygen atoms in total. The molecule has 0 fully saturated rings. The van der Waals surface area contributed by atoms with Crippen molar-refractivity contribution in [2.24, 2.45) is 0 Å². The maximum absolute atomic E-state index is 11.7. The SMILES string of the molecule is C[C@@H](c1ccccc1)N(Cc1ccccc1)C(CCOCc1ccccc1)CC(=O)O. The van der Waals surface area contributed by atoms with Gasteiger partial charge >= 0.3 is 5.97 Å². The van der Waals surface area contributed by atoms with Crippen molar-refractivity contribution in [3.8, 4) is 0 Å². The first kappa shape index (κ1) is 22.7. The maximum atomic E-state index is 11.7. The largest absolute Gasteiger partial charge is 0.481 e. The Balaban J connectivity index is 1.74. The van der Waals surface area contributed by atoms with Crippen LogP contribution in [-0.4, -0.2) is 28.6 Å². The molecule has 0 saturated heterocycles. The Bertz CT molecular complexity index is 900. The molecule has 0 saturated carbocycles. The fourth-order valence-electron chi connectivity index (χ4n) is 3.87. The van der Waals surface area contributed by atoms with Crippen LogP contribution in [0.5, 0.6) is 0 Å². The summed E-state index contributed by atoms with van der Waals surface area (Å²) in [6.45, 7) is 3.89. The fraction of sp³-hybridized carbons (Fsp3) is 0.296. The van der Waals surface area contributed by atoms with E-state index in [9.17, 15) is 9.90 Å². The lowest BCUT2D eigenvalue weighted by Crippen LogP contribution is -2.39. The third-order valence-corrected chi connectivity index (χ3v) is 5.57. The fourth-order valence-corrected chi connectivity index (χ4v) is 3.87. The van der Waals surface area contributed by atoms with Gasteiger partial charge in [-0.25, -0.2) is 0 Å². The number of ether oxygens (including phenoxy) is 1. The minimum atomic E-state index is -0.786. The normalized spacial score (nSPS) is 13.1. The highest BCUT2D eigenvalue weighted by Gasteiger charge is 2.26. The maximum Gasteiger partial charge on any atom is 0.304 e. The Hall–Kier alpha value is -2.95. The Morgan fingerprint density at radius 3 is 2.00 bits per heavy atom. The zero-order valence-electron chi connectivity index (χ0n) is 18.1. The monoisotopic (exact) mass is 417 g/mol. The van der Waals surface area contributed by atoms with Crippen molar-refractivity contribution >= 4 is 5.97 Å². The predicted molar refractivity (Wildman–Crippen MR) is 124 cm³/mol. The molecule has 4 heteroatoms. The van der Waals surface area contributed by atoms with E-state index in [1.54, 1.807) is 0 Å². The van der Waals surface area contributed by atoms with Gasteiger partial charge in [0.25, 0.3) is 0 Å². The number of carbonyl (C=O) groups is 1. The van der Waals surface area contributed by atoms with E-state index >= 15 is 0 Å². The summed E-state index contributed by atoms with van der Waals surface area (Å²) in [4.78, 5) is 14.0.